The van der Waals surface area contributed by atoms with Crippen LogP contribution in [-0.2, 0) is 24.4 Å². The van der Waals surface area contributed by atoms with Gasteiger partial charge in [-0.1, -0.05) is 26.0 Å². The second kappa shape index (κ2) is 14.7. The predicted molar refractivity (Wildman–Crippen MR) is 201 cm³/mol. The van der Waals surface area contributed by atoms with Gasteiger partial charge < -0.3 is 25.4 Å². The van der Waals surface area contributed by atoms with Crippen LogP contribution in [0.1, 0.15) is 65.7 Å². The molecule has 54 heavy (non-hydrogen) atoms. The number of fused-ring (bicyclic) bond motifs is 2. The maximum absolute atomic E-state index is 14.5. The molecule has 0 aromatic carbocycles. The molecule has 0 bridgehead atoms. The average molecular weight is 798 g/mol. The molecule has 3 fully saturated rings. The molecule has 0 unspecified atom stereocenters. The van der Waals surface area contributed by atoms with E-state index in [2.05, 4.69) is 25.3 Å². The summed E-state index contributed by atoms with van der Waals surface area (Å²) in [6.45, 7) is 5.36. The fourth-order valence-electron chi connectivity index (χ4n) is 7.41. The van der Waals surface area contributed by atoms with Crippen LogP contribution in [0.4, 0.5) is 4.79 Å². The lowest BCUT2D eigenvalue weighted by atomic mass is 9.88. The molecule has 4 aliphatic rings. The predicted octanol–water partition coefficient (Wildman–Crippen LogP) is 4.20. The second-order valence-electron chi connectivity index (χ2n) is 15.1. The summed E-state index contributed by atoms with van der Waals surface area (Å²) < 4.78 is 34.0. The van der Waals surface area contributed by atoms with Crippen LogP contribution >= 0.6 is 22.7 Å². The van der Waals surface area contributed by atoms with Crippen molar-refractivity contribution in [3.05, 3.63) is 47.4 Å². The summed E-state index contributed by atoms with van der Waals surface area (Å²) in [5.74, 6) is -2.43. The number of aromatic nitrogens is 3. The third kappa shape index (κ3) is 7.73. The van der Waals surface area contributed by atoms with Crippen LogP contribution in [0.3, 0.4) is 0 Å². The molecule has 4 N–H and O–H groups in total. The summed E-state index contributed by atoms with van der Waals surface area (Å²) in [5.41, 5.74) is -0.439. The highest BCUT2D eigenvalue weighted by atomic mass is 32.2. The Morgan fingerprint density at radius 1 is 1.06 bits per heavy atom. The number of pyridine rings is 1. The number of ether oxygens (including phenoxy) is 1. The van der Waals surface area contributed by atoms with Crippen molar-refractivity contribution in [2.75, 3.05) is 6.54 Å². The number of rotatable bonds is 8. The van der Waals surface area contributed by atoms with Crippen molar-refractivity contribution in [1.29, 1.82) is 0 Å². The van der Waals surface area contributed by atoms with E-state index in [4.69, 9.17) is 9.72 Å². The molecule has 1 saturated heterocycles. The van der Waals surface area contributed by atoms with E-state index in [-0.39, 0.29) is 25.3 Å². The van der Waals surface area contributed by atoms with E-state index in [1.165, 1.54) is 27.6 Å². The fourth-order valence-corrected chi connectivity index (χ4v) is 9.92. The Labute approximate surface area is 321 Å². The lowest BCUT2D eigenvalue weighted by molar-refractivity contribution is -0.142. The Morgan fingerprint density at radius 3 is 2.31 bits per heavy atom. The number of sulfonamides is 1. The van der Waals surface area contributed by atoms with Gasteiger partial charge in [-0.25, -0.2) is 28.2 Å². The molecular weight excluding hydrogens is 755 g/mol. The number of carbonyl (C=O) groups excluding carboxylic acids is 3. The zero-order valence-electron chi connectivity index (χ0n) is 30.1. The normalized spacial score (nSPS) is 30.1. The summed E-state index contributed by atoms with van der Waals surface area (Å²) >= 11 is 2.81. The first kappa shape index (κ1) is 37.9. The van der Waals surface area contributed by atoms with Gasteiger partial charge in [-0.05, 0) is 57.3 Å². The molecule has 5 heterocycles. The van der Waals surface area contributed by atoms with Crippen molar-refractivity contribution >= 4 is 56.5 Å². The first-order valence-corrected chi connectivity index (χ1v) is 21.3. The summed E-state index contributed by atoms with van der Waals surface area (Å²) in [7, 11) is -4.01. The third-order valence-electron chi connectivity index (χ3n) is 10.9. The molecule has 2 saturated carbocycles. The highest BCUT2D eigenvalue weighted by Gasteiger charge is 2.63. The van der Waals surface area contributed by atoms with Crippen molar-refractivity contribution in [2.24, 2.45) is 17.8 Å². The van der Waals surface area contributed by atoms with Crippen LogP contribution in [0.2, 0.25) is 0 Å². The number of carbonyl (C=O) groups is 4. The lowest BCUT2D eigenvalue weighted by Gasteiger charge is -2.32. The van der Waals surface area contributed by atoms with Crippen LogP contribution in [-0.4, -0.2) is 92.2 Å². The number of amides is 4. The van der Waals surface area contributed by atoms with E-state index in [0.717, 1.165) is 6.42 Å². The molecule has 7 rings (SSSR count). The van der Waals surface area contributed by atoms with Gasteiger partial charge >= 0.3 is 6.09 Å². The summed E-state index contributed by atoms with van der Waals surface area (Å²) in [5, 5.41) is 20.1. The summed E-state index contributed by atoms with van der Waals surface area (Å²) in [6.07, 6.45) is 7.99. The molecule has 18 heteroatoms. The minimum atomic E-state index is -4.01. The number of hydrogen-bond acceptors (Lipinski definition) is 12. The van der Waals surface area contributed by atoms with Crippen molar-refractivity contribution < 1.29 is 37.4 Å². The topological polar surface area (TPSA) is 210 Å². The van der Waals surface area contributed by atoms with Gasteiger partial charge in [0.25, 0.3) is 5.91 Å². The Bertz CT molecular complexity index is 2000. The zero-order chi connectivity index (χ0) is 38.4. The zero-order valence-corrected chi connectivity index (χ0v) is 32.5. The van der Waals surface area contributed by atoms with Crippen LogP contribution < -0.4 is 20.1 Å². The smallest absolute Gasteiger partial charge is 0.405 e. The van der Waals surface area contributed by atoms with E-state index in [1.807, 2.05) is 36.8 Å². The number of nitrogens with one attached hydrogen (secondary N) is 3. The Balaban J connectivity index is 1.22. The van der Waals surface area contributed by atoms with Gasteiger partial charge in [-0.3, -0.25) is 19.1 Å². The molecule has 2 aliphatic carbocycles. The van der Waals surface area contributed by atoms with Crippen LogP contribution in [0.25, 0.3) is 21.4 Å². The number of hydrogen-bond donors (Lipinski definition) is 4. The van der Waals surface area contributed by atoms with Crippen LogP contribution in [0, 0.1) is 17.8 Å². The Morgan fingerprint density at radius 2 is 1.72 bits per heavy atom. The Kier molecular flexibility index (Phi) is 10.3. The van der Waals surface area contributed by atoms with E-state index < -0.39 is 74.1 Å². The first-order chi connectivity index (χ1) is 25.7. The van der Waals surface area contributed by atoms with Gasteiger partial charge in [0.05, 0.1) is 11.3 Å². The van der Waals surface area contributed by atoms with E-state index in [1.54, 1.807) is 31.5 Å². The van der Waals surface area contributed by atoms with E-state index in [0.29, 0.717) is 52.8 Å². The standard InChI is InChI=1S/C36H43N7O8S3/c1-20-6-4-5-7-22-18-36(22,33(46)42-54(49,50)35(3)8-9-35)41-29(44)27-17-24(19-43(27)32(45)28(21(2)14-20)40-34(47)48)51-23-15-25(30-37-10-12-52-30)39-26(16-23)31-38-11-13-53-31/h5,7,10-13,15-16,20-22,24,27-28,40H,4,6,8-9,14,17-19H2,1-3H3,(H,41,44)(H,42,46)(H,47,48)/b7-5-/t20-,21-,22-,24-,27+,28+,36-/m1/s1. The average Bonchev–Trinajstić information content (AvgIpc) is 3.68. The second-order valence-corrected chi connectivity index (χ2v) is 19.1. The minimum Gasteiger partial charge on any atom is -0.488 e. The van der Waals surface area contributed by atoms with Gasteiger partial charge in [0.1, 0.15) is 50.9 Å². The largest absolute Gasteiger partial charge is 0.488 e. The maximum Gasteiger partial charge on any atom is 0.405 e. The monoisotopic (exact) mass is 797 g/mol. The number of nitrogens with zero attached hydrogens (tertiary/aromatic N) is 4. The van der Waals surface area contributed by atoms with Crippen molar-refractivity contribution in [1.82, 2.24) is 35.2 Å². The Hall–Kier alpha value is -4.42. The quantitative estimate of drug-likeness (QED) is 0.238. The molecule has 3 aromatic heterocycles. The molecule has 0 spiro atoms. The lowest BCUT2D eigenvalue weighted by Crippen LogP contribution is -2.59. The van der Waals surface area contributed by atoms with Gasteiger partial charge in [0.2, 0.25) is 21.8 Å². The van der Waals surface area contributed by atoms with Crippen LogP contribution in [0.15, 0.2) is 47.4 Å². The van der Waals surface area contributed by atoms with E-state index >= 15 is 0 Å². The third-order valence-corrected chi connectivity index (χ3v) is 14.7. The van der Waals surface area contributed by atoms with Crippen molar-refractivity contribution in [3.63, 3.8) is 0 Å². The van der Waals surface area contributed by atoms with Gasteiger partial charge in [0, 0.05) is 47.6 Å². The maximum atomic E-state index is 14.5. The number of carboxylic acid groups (broad SMARTS) is 1. The molecule has 15 nitrogen and oxygen atoms in total. The highest BCUT2D eigenvalue weighted by Crippen LogP contribution is 2.47. The fraction of sp³-hybridized carbons (Fsp3) is 0.528. The van der Waals surface area contributed by atoms with Crippen molar-refractivity contribution in [2.45, 2.75) is 94.2 Å². The van der Waals surface area contributed by atoms with Crippen LogP contribution in [0.5, 0.6) is 5.75 Å². The molecule has 4 amide bonds. The molecule has 2 aliphatic heterocycles. The van der Waals surface area contributed by atoms with E-state index in [9.17, 15) is 32.7 Å². The highest BCUT2D eigenvalue weighted by molar-refractivity contribution is 7.91. The van der Waals surface area contributed by atoms with Crippen molar-refractivity contribution in [3.8, 4) is 27.2 Å². The molecule has 288 valence electrons. The SMILES string of the molecule is C[C@@H]1CC/C=C\[C@@H]2C[C@@]2(C(=O)NS(=O)(=O)C2(C)CC2)NC(=O)[C@@H]2C[C@@H](Oc3cc(-c4nccs4)nc(-c4nccs4)c3)CN2C(=O)[C@@H](NC(=O)O)[C@H](C)C1. The number of thiazole rings is 2. The summed E-state index contributed by atoms with van der Waals surface area (Å²) in [6, 6.07) is 1.13. The van der Waals surface area contributed by atoms with Gasteiger partial charge in [-0.15, -0.1) is 22.7 Å². The summed E-state index contributed by atoms with van der Waals surface area (Å²) in [4.78, 5) is 69.6. The number of allylic oxidation sites excluding steroid dienone is 1. The first-order valence-electron chi connectivity index (χ1n) is 18.0. The molecular formula is C36H43N7O8S3. The molecule has 0 radical (unpaired) electrons. The molecule has 3 aromatic rings. The van der Waals surface area contributed by atoms with Gasteiger partial charge in [-0.2, -0.15) is 0 Å². The molecule has 7 atom stereocenters. The van der Waals surface area contributed by atoms with Gasteiger partial charge in [0.15, 0.2) is 0 Å². The minimum absolute atomic E-state index is 0.0121.